The molecule has 3 fully saturated rings. The number of hydrogen-bond donors (Lipinski definition) is 2. The topological polar surface area (TPSA) is 78.9 Å². The molecular weight excluding hydrogens is 368 g/mol. The Morgan fingerprint density at radius 3 is 2.22 bits per heavy atom. The number of carbonyl (C=O) groups excluding carboxylic acids is 1. The summed E-state index contributed by atoms with van der Waals surface area (Å²) in [7, 11) is 0. The molecule has 3 saturated heterocycles. The van der Waals surface area contributed by atoms with E-state index in [1.54, 1.807) is 45.0 Å². The molecule has 27 heavy (non-hydrogen) atoms. The highest BCUT2D eigenvalue weighted by Gasteiger charge is 2.55. The summed E-state index contributed by atoms with van der Waals surface area (Å²) in [6, 6.07) is 6.69. The van der Waals surface area contributed by atoms with Gasteiger partial charge in [0.1, 0.15) is 5.60 Å². The summed E-state index contributed by atoms with van der Waals surface area (Å²) >= 11 is 6.02. The second kappa shape index (κ2) is 7.32. The third-order valence-electron chi connectivity index (χ3n) is 5.55. The van der Waals surface area contributed by atoms with Gasteiger partial charge in [-0.3, -0.25) is 0 Å². The van der Waals surface area contributed by atoms with Gasteiger partial charge in [0, 0.05) is 17.5 Å². The average Bonchev–Trinajstić information content (AvgIpc) is 2.59. The SMILES string of the molecule is CC(C)(C)OC(=O)N[C@@](C(=O)O)(c1ccc(Cl)cc1)C1CN2CCC1CC2. The average molecular weight is 395 g/mol. The monoisotopic (exact) mass is 394 g/mol. The van der Waals surface area contributed by atoms with Gasteiger partial charge in [-0.25, -0.2) is 9.59 Å². The van der Waals surface area contributed by atoms with Gasteiger partial charge in [-0.15, -0.1) is 0 Å². The Kier molecular flexibility index (Phi) is 5.41. The first-order chi connectivity index (χ1) is 12.6. The van der Waals surface area contributed by atoms with Crippen LogP contribution in [0, 0.1) is 11.8 Å². The van der Waals surface area contributed by atoms with Crippen LogP contribution in [-0.2, 0) is 15.1 Å². The standard InChI is InChI=1S/C20H27ClN2O4/c1-19(2,3)27-18(26)22-20(17(24)25,14-4-6-15(21)7-5-14)16-12-23-10-8-13(16)9-11-23/h4-7,13,16H,8-12H2,1-3H3,(H,22,26)(H,24,25)/t16?,20-/m0/s1. The molecule has 7 heteroatoms. The van der Waals surface area contributed by atoms with Crippen molar-refractivity contribution in [1.82, 2.24) is 10.2 Å². The van der Waals surface area contributed by atoms with E-state index in [2.05, 4.69) is 10.2 Å². The van der Waals surface area contributed by atoms with Crippen molar-refractivity contribution in [2.75, 3.05) is 19.6 Å². The summed E-state index contributed by atoms with van der Waals surface area (Å²) in [5, 5.41) is 13.6. The van der Waals surface area contributed by atoms with E-state index in [-0.39, 0.29) is 11.8 Å². The van der Waals surface area contributed by atoms with Crippen molar-refractivity contribution in [3.63, 3.8) is 0 Å². The van der Waals surface area contributed by atoms with Crippen LogP contribution in [0.1, 0.15) is 39.2 Å². The van der Waals surface area contributed by atoms with Gasteiger partial charge in [-0.1, -0.05) is 23.7 Å². The van der Waals surface area contributed by atoms with Gasteiger partial charge in [0.05, 0.1) is 0 Å². The van der Waals surface area contributed by atoms with Crippen LogP contribution < -0.4 is 5.32 Å². The number of aliphatic carboxylic acids is 1. The molecule has 1 aromatic rings. The Bertz CT molecular complexity index is 708. The Morgan fingerprint density at radius 2 is 1.78 bits per heavy atom. The number of carbonyl (C=O) groups is 2. The Hall–Kier alpha value is -1.79. The van der Waals surface area contributed by atoms with Crippen LogP contribution in [0.15, 0.2) is 24.3 Å². The highest BCUT2D eigenvalue weighted by Crippen LogP contribution is 2.44. The number of hydrogen-bond acceptors (Lipinski definition) is 4. The van der Waals surface area contributed by atoms with Crippen molar-refractivity contribution < 1.29 is 19.4 Å². The van der Waals surface area contributed by atoms with Crippen LogP contribution >= 0.6 is 11.6 Å². The fraction of sp³-hybridized carbons (Fsp3) is 0.600. The second-order valence-electron chi connectivity index (χ2n) is 8.49. The predicted molar refractivity (Wildman–Crippen MR) is 103 cm³/mol. The van der Waals surface area contributed by atoms with E-state index in [1.165, 1.54) is 0 Å². The van der Waals surface area contributed by atoms with Crippen LogP contribution in [0.4, 0.5) is 4.79 Å². The molecule has 3 aliphatic rings. The first kappa shape index (κ1) is 20.0. The van der Waals surface area contributed by atoms with Crippen LogP contribution in [-0.4, -0.2) is 47.3 Å². The van der Waals surface area contributed by atoms with E-state index < -0.39 is 23.2 Å². The van der Waals surface area contributed by atoms with E-state index in [1.807, 2.05) is 0 Å². The number of rotatable bonds is 4. The van der Waals surface area contributed by atoms with E-state index in [0.717, 1.165) is 25.9 Å². The minimum absolute atomic E-state index is 0.233. The van der Waals surface area contributed by atoms with Crippen LogP contribution in [0.5, 0.6) is 0 Å². The van der Waals surface area contributed by atoms with Crippen molar-refractivity contribution in [3.8, 4) is 0 Å². The fourth-order valence-electron chi connectivity index (χ4n) is 4.35. The third-order valence-corrected chi connectivity index (χ3v) is 5.80. The number of ether oxygens (including phenoxy) is 1. The second-order valence-corrected chi connectivity index (χ2v) is 8.93. The molecule has 0 spiro atoms. The van der Waals surface area contributed by atoms with Crippen LogP contribution in [0.3, 0.4) is 0 Å². The van der Waals surface area contributed by atoms with Gasteiger partial charge in [0.25, 0.3) is 0 Å². The Balaban J connectivity index is 2.04. The van der Waals surface area contributed by atoms with Crippen molar-refractivity contribution in [2.45, 2.75) is 44.8 Å². The number of carboxylic acids is 1. The van der Waals surface area contributed by atoms with Crippen molar-refractivity contribution in [2.24, 2.45) is 11.8 Å². The number of piperidine rings is 3. The smallest absolute Gasteiger partial charge is 0.408 e. The van der Waals surface area contributed by atoms with E-state index >= 15 is 0 Å². The van der Waals surface area contributed by atoms with Crippen LogP contribution in [0.2, 0.25) is 5.02 Å². The molecule has 0 radical (unpaired) electrons. The Morgan fingerprint density at radius 1 is 1.19 bits per heavy atom. The fourth-order valence-corrected chi connectivity index (χ4v) is 4.47. The summed E-state index contributed by atoms with van der Waals surface area (Å²) in [4.78, 5) is 27.6. The number of halogens is 1. The van der Waals surface area contributed by atoms with Crippen molar-refractivity contribution in [3.05, 3.63) is 34.9 Å². The zero-order chi connectivity index (χ0) is 19.8. The first-order valence-electron chi connectivity index (χ1n) is 9.35. The number of amides is 1. The van der Waals surface area contributed by atoms with Gasteiger partial charge in [-0.2, -0.15) is 0 Å². The third kappa shape index (κ3) is 4.06. The predicted octanol–water partition coefficient (Wildman–Crippen LogP) is 3.49. The van der Waals surface area contributed by atoms with Crippen molar-refractivity contribution in [1.29, 1.82) is 0 Å². The van der Waals surface area contributed by atoms with E-state index in [9.17, 15) is 14.7 Å². The van der Waals surface area contributed by atoms with E-state index in [0.29, 0.717) is 17.1 Å². The highest BCUT2D eigenvalue weighted by atomic mass is 35.5. The molecule has 0 saturated carbocycles. The van der Waals surface area contributed by atoms with E-state index in [4.69, 9.17) is 16.3 Å². The number of carboxylic acid groups (broad SMARTS) is 1. The maximum atomic E-state index is 12.7. The molecular formula is C20H27ClN2O4. The summed E-state index contributed by atoms with van der Waals surface area (Å²) in [5.74, 6) is -1.09. The van der Waals surface area contributed by atoms with Gasteiger partial charge < -0.3 is 20.1 Å². The normalized spacial score (nSPS) is 26.9. The van der Waals surface area contributed by atoms with Crippen molar-refractivity contribution >= 4 is 23.7 Å². The molecule has 1 unspecified atom stereocenters. The van der Waals surface area contributed by atoms with Gasteiger partial charge >= 0.3 is 12.1 Å². The van der Waals surface area contributed by atoms with Crippen LogP contribution in [0.25, 0.3) is 0 Å². The molecule has 2 atom stereocenters. The lowest BCUT2D eigenvalue weighted by Crippen LogP contribution is -2.64. The molecule has 3 heterocycles. The zero-order valence-electron chi connectivity index (χ0n) is 16.0. The maximum absolute atomic E-state index is 12.7. The molecule has 6 nitrogen and oxygen atoms in total. The summed E-state index contributed by atoms with van der Waals surface area (Å²) in [6.45, 7) is 7.85. The number of fused-ring (bicyclic) bond motifs is 3. The number of nitrogens with one attached hydrogen (secondary N) is 1. The lowest BCUT2D eigenvalue weighted by Gasteiger charge is -2.51. The minimum Gasteiger partial charge on any atom is -0.479 e. The lowest BCUT2D eigenvalue weighted by atomic mass is 9.66. The van der Waals surface area contributed by atoms with Gasteiger partial charge in [-0.05, 0) is 70.3 Å². The largest absolute Gasteiger partial charge is 0.479 e. The summed E-state index contributed by atoms with van der Waals surface area (Å²) < 4.78 is 5.41. The molecule has 0 aliphatic carbocycles. The molecule has 0 aromatic heterocycles. The Labute approximate surface area is 164 Å². The van der Waals surface area contributed by atoms with Gasteiger partial charge in [0.2, 0.25) is 0 Å². The summed E-state index contributed by atoms with van der Waals surface area (Å²) in [6.07, 6.45) is 1.14. The molecule has 3 aliphatic heterocycles. The molecule has 4 rings (SSSR count). The van der Waals surface area contributed by atoms with Gasteiger partial charge in [0.15, 0.2) is 5.54 Å². The molecule has 1 aromatic carbocycles. The highest BCUT2D eigenvalue weighted by molar-refractivity contribution is 6.30. The molecule has 2 N–H and O–H groups in total. The summed E-state index contributed by atoms with van der Waals surface area (Å²) in [5.41, 5.74) is -1.76. The molecule has 1 amide bonds. The lowest BCUT2D eigenvalue weighted by molar-refractivity contribution is -0.152. The molecule has 148 valence electrons. The number of nitrogens with zero attached hydrogens (tertiary/aromatic N) is 1. The number of alkyl carbamates (subject to hydrolysis) is 1. The first-order valence-corrected chi connectivity index (χ1v) is 9.72. The molecule has 2 bridgehead atoms. The minimum atomic E-state index is -1.56. The zero-order valence-corrected chi connectivity index (χ0v) is 16.8. The number of benzene rings is 1. The quantitative estimate of drug-likeness (QED) is 0.817. The maximum Gasteiger partial charge on any atom is 0.408 e.